The van der Waals surface area contributed by atoms with E-state index in [0.29, 0.717) is 6.42 Å². The Morgan fingerprint density at radius 2 is 1.81 bits per heavy atom. The zero-order valence-corrected chi connectivity index (χ0v) is 20.1. The molecule has 0 aromatic heterocycles. The molecule has 3 aliphatic rings. The smallest absolute Gasteiger partial charge is 0.455 e. The van der Waals surface area contributed by atoms with Crippen molar-refractivity contribution >= 4 is 17.7 Å². The van der Waals surface area contributed by atoms with E-state index < -0.39 is 65.8 Å². The van der Waals surface area contributed by atoms with Crippen LogP contribution in [0.5, 0.6) is 0 Å². The fourth-order valence-corrected chi connectivity index (χ4v) is 3.91. The minimum atomic E-state index is -5.89. The summed E-state index contributed by atoms with van der Waals surface area (Å²) in [7, 11) is 0. The van der Waals surface area contributed by atoms with Crippen LogP contribution in [0.4, 0.5) is 26.3 Å². The Bertz CT molecular complexity index is 1060. The van der Waals surface area contributed by atoms with E-state index in [4.69, 9.17) is 4.74 Å². The van der Waals surface area contributed by atoms with Crippen LogP contribution in [-0.4, -0.2) is 54.6 Å². The van der Waals surface area contributed by atoms with E-state index >= 15 is 0 Å². The molecule has 3 N–H and O–H groups in total. The van der Waals surface area contributed by atoms with Crippen molar-refractivity contribution in [2.24, 2.45) is 5.41 Å². The van der Waals surface area contributed by atoms with Crippen molar-refractivity contribution in [2.45, 2.75) is 69.8 Å². The SMILES string of the molecule is CC(C)(C(=O)NCC(F)(F)C(F)(F)F)C(=O)NC1C(=O)NC2CC(F)=CC=C2OC1CC1=CC=CCC1. The second kappa shape index (κ2) is 10.6. The molecule has 13 heteroatoms. The van der Waals surface area contributed by atoms with Crippen LogP contribution in [0.2, 0.25) is 0 Å². The van der Waals surface area contributed by atoms with Crippen molar-refractivity contribution in [3.63, 3.8) is 0 Å². The van der Waals surface area contributed by atoms with Gasteiger partial charge >= 0.3 is 12.1 Å². The summed E-state index contributed by atoms with van der Waals surface area (Å²) in [5, 5.41) is 6.44. The molecule has 2 aliphatic carbocycles. The number of amides is 3. The number of fused-ring (bicyclic) bond motifs is 1. The number of carbonyl (C=O) groups excluding carboxylic acids is 3. The summed E-state index contributed by atoms with van der Waals surface area (Å²) in [6, 6.07) is -2.21. The average Bonchev–Trinajstić information content (AvgIpc) is 2.93. The highest BCUT2D eigenvalue weighted by Gasteiger charge is 2.58. The van der Waals surface area contributed by atoms with Crippen LogP contribution in [0.1, 0.15) is 39.5 Å². The van der Waals surface area contributed by atoms with Gasteiger partial charge in [0.05, 0.1) is 12.6 Å². The number of alkyl halides is 5. The molecule has 0 spiro atoms. The van der Waals surface area contributed by atoms with Crippen molar-refractivity contribution < 1.29 is 45.5 Å². The van der Waals surface area contributed by atoms with E-state index in [1.54, 1.807) is 0 Å². The molecule has 1 saturated heterocycles. The lowest BCUT2D eigenvalue weighted by atomic mass is 9.89. The summed E-state index contributed by atoms with van der Waals surface area (Å²) in [4.78, 5) is 38.6. The lowest BCUT2D eigenvalue weighted by molar-refractivity contribution is -0.278. The third-order valence-corrected chi connectivity index (χ3v) is 6.30. The zero-order valence-electron chi connectivity index (χ0n) is 20.1. The topological polar surface area (TPSA) is 96.5 Å². The van der Waals surface area contributed by atoms with Gasteiger partial charge in [0.2, 0.25) is 17.7 Å². The van der Waals surface area contributed by atoms with Crippen molar-refractivity contribution in [3.8, 4) is 0 Å². The van der Waals surface area contributed by atoms with Crippen LogP contribution in [0, 0.1) is 5.41 Å². The van der Waals surface area contributed by atoms with Crippen molar-refractivity contribution in [2.75, 3.05) is 6.54 Å². The van der Waals surface area contributed by atoms with Gasteiger partial charge in [-0.15, -0.1) is 0 Å². The highest BCUT2D eigenvalue weighted by molar-refractivity contribution is 6.05. The third-order valence-electron chi connectivity index (χ3n) is 6.30. The summed E-state index contributed by atoms with van der Waals surface area (Å²) in [6.07, 6.45) is 2.75. The van der Waals surface area contributed by atoms with Crippen LogP contribution in [-0.2, 0) is 19.1 Å². The first-order chi connectivity index (χ1) is 17.1. The van der Waals surface area contributed by atoms with Crippen LogP contribution in [0.15, 0.2) is 47.5 Å². The Balaban J connectivity index is 1.79. The van der Waals surface area contributed by atoms with Crippen molar-refractivity contribution in [1.82, 2.24) is 16.0 Å². The van der Waals surface area contributed by atoms with Crippen LogP contribution in [0.25, 0.3) is 0 Å². The molecular weight excluding hydrogens is 508 g/mol. The number of hydrogen-bond acceptors (Lipinski definition) is 4. The highest BCUT2D eigenvalue weighted by atomic mass is 19.4. The number of carbonyl (C=O) groups is 3. The monoisotopic (exact) mass is 535 g/mol. The van der Waals surface area contributed by atoms with Gasteiger partial charge in [-0.2, -0.15) is 22.0 Å². The molecule has 0 aromatic rings. The quantitative estimate of drug-likeness (QED) is 0.344. The molecule has 0 bridgehead atoms. The van der Waals surface area contributed by atoms with Gasteiger partial charge < -0.3 is 20.7 Å². The van der Waals surface area contributed by atoms with E-state index in [-0.39, 0.29) is 18.6 Å². The average molecular weight is 535 g/mol. The first kappa shape index (κ1) is 28.3. The summed E-state index contributed by atoms with van der Waals surface area (Å²) < 4.78 is 83.6. The minimum Gasteiger partial charge on any atom is -0.490 e. The maximum Gasteiger partial charge on any atom is 0.455 e. The molecule has 7 nitrogen and oxygen atoms in total. The van der Waals surface area contributed by atoms with E-state index in [1.165, 1.54) is 17.5 Å². The van der Waals surface area contributed by atoms with E-state index in [2.05, 4.69) is 10.6 Å². The van der Waals surface area contributed by atoms with Gasteiger partial charge in [0.25, 0.3) is 0 Å². The first-order valence-electron chi connectivity index (χ1n) is 11.5. The Kier molecular flexibility index (Phi) is 8.13. The molecule has 1 heterocycles. The maximum atomic E-state index is 13.8. The Hall–Kier alpha value is -3.25. The minimum absolute atomic E-state index is 0.169. The predicted molar refractivity (Wildman–Crippen MR) is 119 cm³/mol. The van der Waals surface area contributed by atoms with Crippen LogP contribution >= 0.6 is 0 Å². The highest BCUT2D eigenvalue weighted by Crippen LogP contribution is 2.35. The maximum absolute atomic E-state index is 13.8. The number of halogens is 6. The largest absolute Gasteiger partial charge is 0.490 e. The Labute approximate surface area is 209 Å². The Morgan fingerprint density at radius 3 is 2.43 bits per heavy atom. The molecule has 1 fully saturated rings. The fourth-order valence-electron chi connectivity index (χ4n) is 3.91. The third kappa shape index (κ3) is 6.55. The summed E-state index contributed by atoms with van der Waals surface area (Å²) in [5.41, 5.74) is -1.23. The summed E-state index contributed by atoms with van der Waals surface area (Å²) in [6.45, 7) is -0.0222. The predicted octanol–water partition coefficient (Wildman–Crippen LogP) is 3.50. The molecule has 3 unspecified atom stereocenters. The summed E-state index contributed by atoms with van der Waals surface area (Å²) in [5.74, 6) is -8.66. The molecular formula is C24H27F6N3O4. The standard InChI is InChI=1S/C24H27F6N3O4/c1-22(2,20(35)31-12-23(26,27)24(28,29)30)21(36)33-18-17(10-13-6-4-3-5-7-13)37-16-9-8-14(25)11-15(16)32-19(18)34/h3-4,6,8-9,15,17-18H,5,7,10-12H2,1-2H3,(H,31,35)(H,32,34)(H,33,36). The van der Waals surface area contributed by atoms with Crippen molar-refractivity contribution in [3.05, 3.63) is 47.5 Å². The molecule has 0 radical (unpaired) electrons. The second-order valence-electron chi connectivity index (χ2n) is 9.56. The normalized spacial score (nSPS) is 24.4. The molecule has 204 valence electrons. The van der Waals surface area contributed by atoms with Crippen LogP contribution < -0.4 is 16.0 Å². The number of ether oxygens (including phenoxy) is 1. The number of nitrogens with one attached hydrogen (secondary N) is 3. The second-order valence-corrected chi connectivity index (χ2v) is 9.56. The van der Waals surface area contributed by atoms with Gasteiger partial charge in [-0.05, 0) is 38.8 Å². The van der Waals surface area contributed by atoms with Gasteiger partial charge in [-0.25, -0.2) is 4.39 Å². The van der Waals surface area contributed by atoms with E-state index in [0.717, 1.165) is 25.8 Å². The van der Waals surface area contributed by atoms with Gasteiger partial charge in [0, 0.05) is 12.8 Å². The van der Waals surface area contributed by atoms with Gasteiger partial charge in [0.1, 0.15) is 29.1 Å². The van der Waals surface area contributed by atoms with Gasteiger partial charge in [-0.3, -0.25) is 14.4 Å². The first-order valence-corrected chi connectivity index (χ1v) is 11.5. The van der Waals surface area contributed by atoms with Crippen molar-refractivity contribution in [1.29, 1.82) is 0 Å². The molecule has 0 saturated carbocycles. The number of allylic oxidation sites excluding steroid dienone is 5. The molecule has 37 heavy (non-hydrogen) atoms. The molecule has 3 atom stereocenters. The van der Waals surface area contributed by atoms with Gasteiger partial charge in [0.15, 0.2) is 0 Å². The Morgan fingerprint density at radius 1 is 1.11 bits per heavy atom. The molecule has 0 aromatic carbocycles. The molecule has 3 rings (SSSR count). The summed E-state index contributed by atoms with van der Waals surface area (Å²) >= 11 is 0. The molecule has 3 amide bonds. The number of rotatable bonds is 7. The van der Waals surface area contributed by atoms with Crippen LogP contribution in [0.3, 0.4) is 0 Å². The fraction of sp³-hybridized carbons (Fsp3) is 0.542. The van der Waals surface area contributed by atoms with Gasteiger partial charge in [-0.1, -0.05) is 23.8 Å². The van der Waals surface area contributed by atoms with E-state index in [9.17, 15) is 40.7 Å². The number of hydrogen-bond donors (Lipinski definition) is 3. The molecule has 1 aliphatic heterocycles. The zero-order chi connectivity index (χ0) is 27.6. The lowest BCUT2D eigenvalue weighted by Crippen LogP contribution is -2.58. The lowest BCUT2D eigenvalue weighted by Gasteiger charge is -2.30. The van der Waals surface area contributed by atoms with E-state index in [1.807, 2.05) is 18.2 Å².